The monoisotopic (exact) mass is 219 g/mol. The third-order valence-electron chi connectivity index (χ3n) is 2.80. The second-order valence-corrected chi connectivity index (χ2v) is 6.43. The minimum absolute atomic E-state index is 0.192. The Morgan fingerprint density at radius 3 is 2.50 bits per heavy atom. The van der Waals surface area contributed by atoms with Gasteiger partial charge < -0.3 is 5.32 Å². The van der Waals surface area contributed by atoms with Crippen LogP contribution in [0.25, 0.3) is 0 Å². The van der Waals surface area contributed by atoms with Crippen molar-refractivity contribution < 1.29 is 8.42 Å². The Balaban J connectivity index is 2.39. The number of hydrogen-bond donors (Lipinski definition) is 1. The smallest absolute Gasteiger partial charge is 0.151 e. The van der Waals surface area contributed by atoms with Gasteiger partial charge in [-0.15, -0.1) is 0 Å². The van der Waals surface area contributed by atoms with Gasteiger partial charge in [-0.3, -0.25) is 0 Å². The van der Waals surface area contributed by atoms with Gasteiger partial charge in [-0.2, -0.15) is 0 Å². The molecule has 0 radical (unpaired) electrons. The molecule has 0 aromatic carbocycles. The highest BCUT2D eigenvalue weighted by Crippen LogP contribution is 2.33. The molecule has 0 amide bonds. The summed E-state index contributed by atoms with van der Waals surface area (Å²) in [6, 6.07) is 0.192. The third-order valence-corrected chi connectivity index (χ3v) is 4.58. The van der Waals surface area contributed by atoms with Gasteiger partial charge in [0.1, 0.15) is 0 Å². The van der Waals surface area contributed by atoms with E-state index in [1.807, 2.05) is 14.0 Å². The highest BCUT2D eigenvalue weighted by atomic mass is 32.2. The molecule has 1 unspecified atom stereocenters. The summed E-state index contributed by atoms with van der Waals surface area (Å²) in [4.78, 5) is 0. The molecule has 1 fully saturated rings. The van der Waals surface area contributed by atoms with Gasteiger partial charge in [0.15, 0.2) is 9.84 Å². The van der Waals surface area contributed by atoms with Crippen LogP contribution in [0.4, 0.5) is 0 Å². The van der Waals surface area contributed by atoms with E-state index >= 15 is 0 Å². The van der Waals surface area contributed by atoms with Crippen molar-refractivity contribution in [2.24, 2.45) is 5.92 Å². The van der Waals surface area contributed by atoms with Crippen molar-refractivity contribution in [3.8, 4) is 0 Å². The van der Waals surface area contributed by atoms with E-state index in [-0.39, 0.29) is 6.04 Å². The molecular weight excluding hydrogens is 198 g/mol. The summed E-state index contributed by atoms with van der Waals surface area (Å²) >= 11 is 0. The summed E-state index contributed by atoms with van der Waals surface area (Å²) in [7, 11) is -0.963. The van der Waals surface area contributed by atoms with Crippen molar-refractivity contribution in [3.05, 3.63) is 0 Å². The predicted octanol–water partition coefficient (Wildman–Crippen LogP) is 1.20. The molecule has 0 aliphatic heterocycles. The lowest BCUT2D eigenvalue weighted by atomic mass is 10.2. The van der Waals surface area contributed by atoms with E-state index < -0.39 is 9.84 Å². The van der Waals surface area contributed by atoms with Gasteiger partial charge in [-0.25, -0.2) is 8.42 Å². The first kappa shape index (κ1) is 12.0. The molecular formula is C10H21NO2S. The van der Waals surface area contributed by atoms with Crippen molar-refractivity contribution in [1.82, 2.24) is 5.32 Å². The Bertz CT molecular complexity index is 257. The van der Waals surface area contributed by atoms with E-state index in [0.717, 1.165) is 12.8 Å². The van der Waals surface area contributed by atoms with Crippen LogP contribution in [0.15, 0.2) is 0 Å². The van der Waals surface area contributed by atoms with Gasteiger partial charge in [0, 0.05) is 6.04 Å². The van der Waals surface area contributed by atoms with Gasteiger partial charge in [0.25, 0.3) is 0 Å². The standard InChI is InChI=1S/C10H21NO2S/c1-3-4-7-14(12,13)8-10(11-2)9-5-6-9/h9-11H,3-8H2,1-2H3. The zero-order chi connectivity index (χ0) is 10.6. The molecule has 0 heterocycles. The summed E-state index contributed by atoms with van der Waals surface area (Å²) in [5.41, 5.74) is 0. The number of sulfone groups is 1. The van der Waals surface area contributed by atoms with Crippen LogP contribution in [-0.2, 0) is 9.84 Å². The van der Waals surface area contributed by atoms with Gasteiger partial charge in [0.2, 0.25) is 0 Å². The SMILES string of the molecule is CCCCS(=O)(=O)CC(NC)C1CC1. The van der Waals surface area contributed by atoms with Crippen molar-refractivity contribution in [1.29, 1.82) is 0 Å². The Kier molecular flexibility index (Phi) is 4.38. The van der Waals surface area contributed by atoms with Crippen LogP contribution in [0.2, 0.25) is 0 Å². The molecule has 1 aliphatic carbocycles. The largest absolute Gasteiger partial charge is 0.316 e. The van der Waals surface area contributed by atoms with Crippen LogP contribution in [0.5, 0.6) is 0 Å². The van der Waals surface area contributed by atoms with Crippen molar-refractivity contribution >= 4 is 9.84 Å². The number of nitrogens with one attached hydrogen (secondary N) is 1. The van der Waals surface area contributed by atoms with Crippen LogP contribution in [-0.4, -0.2) is 33.0 Å². The molecule has 0 spiro atoms. The first-order valence-electron chi connectivity index (χ1n) is 5.46. The summed E-state index contributed by atoms with van der Waals surface area (Å²) in [6.45, 7) is 2.02. The minimum Gasteiger partial charge on any atom is -0.316 e. The van der Waals surface area contributed by atoms with Crippen LogP contribution < -0.4 is 5.32 Å². The molecule has 14 heavy (non-hydrogen) atoms. The molecule has 1 saturated carbocycles. The third kappa shape index (κ3) is 3.96. The zero-order valence-corrected chi connectivity index (χ0v) is 9.94. The molecule has 1 N–H and O–H groups in total. The highest BCUT2D eigenvalue weighted by Gasteiger charge is 2.32. The number of unbranched alkanes of at least 4 members (excludes halogenated alkanes) is 1. The molecule has 0 bridgehead atoms. The molecule has 1 rings (SSSR count). The molecule has 1 aliphatic rings. The van der Waals surface area contributed by atoms with Gasteiger partial charge in [0.05, 0.1) is 11.5 Å². The molecule has 1 atom stereocenters. The fraction of sp³-hybridized carbons (Fsp3) is 1.00. The van der Waals surface area contributed by atoms with E-state index in [9.17, 15) is 8.42 Å². The number of rotatable bonds is 7. The van der Waals surface area contributed by atoms with Gasteiger partial charge >= 0.3 is 0 Å². The minimum atomic E-state index is -2.82. The molecule has 0 aromatic heterocycles. The maximum Gasteiger partial charge on any atom is 0.151 e. The average Bonchev–Trinajstić information content (AvgIpc) is 2.94. The van der Waals surface area contributed by atoms with E-state index in [1.165, 1.54) is 12.8 Å². The Hall–Kier alpha value is -0.0900. The first-order valence-corrected chi connectivity index (χ1v) is 7.29. The summed E-state index contributed by atoms with van der Waals surface area (Å²) in [6.07, 6.45) is 4.12. The quantitative estimate of drug-likeness (QED) is 0.700. The summed E-state index contributed by atoms with van der Waals surface area (Å²) in [5, 5.41) is 3.12. The Morgan fingerprint density at radius 2 is 2.07 bits per heavy atom. The first-order chi connectivity index (χ1) is 6.59. The second kappa shape index (κ2) is 5.12. The highest BCUT2D eigenvalue weighted by molar-refractivity contribution is 7.91. The zero-order valence-electron chi connectivity index (χ0n) is 9.12. The summed E-state index contributed by atoms with van der Waals surface area (Å²) < 4.78 is 23.3. The van der Waals surface area contributed by atoms with Crippen molar-refractivity contribution in [2.75, 3.05) is 18.6 Å². The molecule has 4 heteroatoms. The Morgan fingerprint density at radius 1 is 1.43 bits per heavy atom. The van der Waals surface area contributed by atoms with Crippen LogP contribution in [0.3, 0.4) is 0 Å². The van der Waals surface area contributed by atoms with Crippen molar-refractivity contribution in [3.63, 3.8) is 0 Å². The maximum atomic E-state index is 11.7. The normalized spacial score (nSPS) is 19.6. The maximum absolute atomic E-state index is 11.7. The molecule has 0 saturated heterocycles. The fourth-order valence-electron chi connectivity index (χ4n) is 1.67. The lowest BCUT2D eigenvalue weighted by Crippen LogP contribution is -2.35. The van der Waals surface area contributed by atoms with E-state index in [1.54, 1.807) is 0 Å². The fourth-order valence-corrected chi connectivity index (χ4v) is 3.56. The summed E-state index contributed by atoms with van der Waals surface area (Å²) in [5.74, 6) is 1.29. The lowest BCUT2D eigenvalue weighted by molar-refractivity contribution is 0.526. The van der Waals surface area contributed by atoms with Gasteiger partial charge in [-0.05, 0) is 32.2 Å². The molecule has 84 valence electrons. The second-order valence-electron chi connectivity index (χ2n) is 4.20. The van der Waals surface area contributed by atoms with Crippen LogP contribution in [0, 0.1) is 5.92 Å². The molecule has 0 aromatic rings. The van der Waals surface area contributed by atoms with Crippen LogP contribution >= 0.6 is 0 Å². The Labute approximate surface area is 87.2 Å². The van der Waals surface area contributed by atoms with E-state index in [2.05, 4.69) is 5.32 Å². The van der Waals surface area contributed by atoms with Crippen molar-refractivity contribution in [2.45, 2.75) is 38.6 Å². The predicted molar refractivity (Wildman–Crippen MR) is 59.1 cm³/mol. The average molecular weight is 219 g/mol. The topological polar surface area (TPSA) is 46.2 Å². The number of hydrogen-bond acceptors (Lipinski definition) is 3. The molecule has 3 nitrogen and oxygen atoms in total. The van der Waals surface area contributed by atoms with Crippen LogP contribution in [0.1, 0.15) is 32.6 Å². The van der Waals surface area contributed by atoms with Gasteiger partial charge in [-0.1, -0.05) is 13.3 Å². The van der Waals surface area contributed by atoms with E-state index in [0.29, 0.717) is 17.4 Å². The van der Waals surface area contributed by atoms with E-state index in [4.69, 9.17) is 0 Å². The lowest BCUT2D eigenvalue weighted by Gasteiger charge is -2.15.